The van der Waals surface area contributed by atoms with E-state index in [0.29, 0.717) is 19.3 Å². The number of hydrogen-bond donors (Lipinski definition) is 1. The van der Waals surface area contributed by atoms with Gasteiger partial charge in [-0.1, -0.05) is 48.9 Å². The van der Waals surface area contributed by atoms with Gasteiger partial charge in [-0.15, -0.1) is 0 Å². The topological polar surface area (TPSA) is 88.4 Å². The van der Waals surface area contributed by atoms with Crippen molar-refractivity contribution in [1.29, 1.82) is 0 Å². The number of carbonyl (C=O) groups is 2. The maximum Gasteiger partial charge on any atom is 0.338 e. The smallest absolute Gasteiger partial charge is 0.338 e. The van der Waals surface area contributed by atoms with Crippen molar-refractivity contribution in [3.8, 4) is 5.75 Å². The van der Waals surface area contributed by atoms with Crippen LogP contribution in [0.3, 0.4) is 0 Å². The Labute approximate surface area is 187 Å². The summed E-state index contributed by atoms with van der Waals surface area (Å²) in [6.45, 7) is -0.459. The summed E-state index contributed by atoms with van der Waals surface area (Å²) in [5.41, 5.74) is 1.15. The second-order valence-corrected chi connectivity index (χ2v) is 8.31. The Hall–Kier alpha value is -3.19. The SMILES string of the molecule is COc1ccc(C2CC(c3ccccc3)=NN2C(=O)COC(=O)C2(O)CCCCC2)cc1. The van der Waals surface area contributed by atoms with Gasteiger partial charge in [0.2, 0.25) is 0 Å². The van der Waals surface area contributed by atoms with E-state index in [9.17, 15) is 14.7 Å². The van der Waals surface area contributed by atoms with Crippen LogP contribution in [0.2, 0.25) is 0 Å². The Bertz CT molecular complexity index is 981. The van der Waals surface area contributed by atoms with Crippen molar-refractivity contribution in [3.05, 3.63) is 65.7 Å². The highest BCUT2D eigenvalue weighted by Crippen LogP contribution is 2.34. The Morgan fingerprint density at radius 1 is 1.06 bits per heavy atom. The van der Waals surface area contributed by atoms with E-state index in [4.69, 9.17) is 9.47 Å². The number of nitrogens with zero attached hydrogens (tertiary/aromatic N) is 2. The first-order chi connectivity index (χ1) is 15.5. The van der Waals surface area contributed by atoms with Crippen molar-refractivity contribution in [1.82, 2.24) is 5.01 Å². The van der Waals surface area contributed by atoms with Crippen molar-refractivity contribution in [3.63, 3.8) is 0 Å². The molecule has 1 N–H and O–H groups in total. The van der Waals surface area contributed by atoms with Gasteiger partial charge in [0, 0.05) is 6.42 Å². The third kappa shape index (κ3) is 4.67. The highest BCUT2D eigenvalue weighted by Gasteiger charge is 2.40. The number of aliphatic hydroxyl groups is 1. The Balaban J connectivity index is 1.51. The van der Waals surface area contributed by atoms with E-state index in [-0.39, 0.29) is 6.04 Å². The van der Waals surface area contributed by atoms with Gasteiger partial charge in [0.05, 0.1) is 18.9 Å². The number of carbonyl (C=O) groups excluding carboxylic acids is 2. The molecule has 1 fully saturated rings. The van der Waals surface area contributed by atoms with Gasteiger partial charge in [0.25, 0.3) is 5.91 Å². The van der Waals surface area contributed by atoms with E-state index in [2.05, 4.69) is 5.10 Å². The Morgan fingerprint density at radius 3 is 2.41 bits per heavy atom. The van der Waals surface area contributed by atoms with E-state index in [1.54, 1.807) is 7.11 Å². The summed E-state index contributed by atoms with van der Waals surface area (Å²) < 4.78 is 10.5. The molecule has 2 aromatic rings. The van der Waals surface area contributed by atoms with Crippen LogP contribution in [-0.4, -0.2) is 47.0 Å². The number of amides is 1. The van der Waals surface area contributed by atoms with Crippen LogP contribution < -0.4 is 4.74 Å². The fourth-order valence-electron chi connectivity index (χ4n) is 4.30. The quantitative estimate of drug-likeness (QED) is 0.699. The maximum atomic E-state index is 13.1. The van der Waals surface area contributed by atoms with E-state index >= 15 is 0 Å². The zero-order valence-corrected chi connectivity index (χ0v) is 18.2. The van der Waals surface area contributed by atoms with Gasteiger partial charge in [-0.05, 0) is 48.9 Å². The summed E-state index contributed by atoms with van der Waals surface area (Å²) in [5.74, 6) is -0.425. The lowest BCUT2D eigenvalue weighted by molar-refractivity contribution is -0.172. The zero-order chi connectivity index (χ0) is 22.6. The summed E-state index contributed by atoms with van der Waals surface area (Å²) >= 11 is 0. The normalized spacial score (nSPS) is 19.9. The lowest BCUT2D eigenvalue weighted by Gasteiger charge is -2.29. The minimum Gasteiger partial charge on any atom is -0.497 e. The van der Waals surface area contributed by atoms with Crippen LogP contribution in [0.4, 0.5) is 0 Å². The van der Waals surface area contributed by atoms with E-state index in [1.165, 1.54) is 5.01 Å². The number of rotatable bonds is 6. The minimum atomic E-state index is -1.49. The minimum absolute atomic E-state index is 0.319. The molecule has 0 bridgehead atoms. The maximum absolute atomic E-state index is 13.1. The first-order valence-corrected chi connectivity index (χ1v) is 11.0. The highest BCUT2D eigenvalue weighted by atomic mass is 16.6. The lowest BCUT2D eigenvalue weighted by atomic mass is 9.85. The van der Waals surface area contributed by atoms with Crippen molar-refractivity contribution in [2.24, 2.45) is 5.10 Å². The lowest BCUT2D eigenvalue weighted by Crippen LogP contribution is -2.43. The molecule has 1 unspecified atom stereocenters. The van der Waals surface area contributed by atoms with Crippen LogP contribution in [0.25, 0.3) is 0 Å². The van der Waals surface area contributed by atoms with E-state index in [1.807, 2.05) is 54.6 Å². The molecule has 1 atom stereocenters. The van der Waals surface area contributed by atoms with Gasteiger partial charge in [-0.25, -0.2) is 9.80 Å². The summed E-state index contributed by atoms with van der Waals surface area (Å²) in [6, 6.07) is 16.9. The molecule has 1 saturated carbocycles. The van der Waals surface area contributed by atoms with E-state index in [0.717, 1.165) is 41.9 Å². The monoisotopic (exact) mass is 436 g/mol. The van der Waals surface area contributed by atoms with Gasteiger partial charge in [0.1, 0.15) is 5.75 Å². The Kier molecular flexibility index (Phi) is 6.55. The van der Waals surface area contributed by atoms with Crippen LogP contribution in [0.1, 0.15) is 55.7 Å². The van der Waals surface area contributed by atoms with Gasteiger partial charge in [0.15, 0.2) is 12.2 Å². The standard InChI is InChI=1S/C25H28N2O5/c1-31-20-12-10-19(11-13-20)22-16-21(18-8-4-2-5-9-18)26-27(22)23(28)17-32-24(29)25(30)14-6-3-7-15-25/h2,4-5,8-13,22,30H,3,6-7,14-17H2,1H3. The van der Waals surface area contributed by atoms with Crippen molar-refractivity contribution < 1.29 is 24.2 Å². The molecular weight excluding hydrogens is 408 g/mol. The fourth-order valence-corrected chi connectivity index (χ4v) is 4.30. The predicted octanol–water partition coefficient (Wildman–Crippen LogP) is 3.61. The number of methoxy groups -OCH3 is 1. The van der Waals surface area contributed by atoms with Gasteiger partial charge < -0.3 is 14.6 Å². The molecule has 7 heteroatoms. The molecule has 0 aromatic heterocycles. The van der Waals surface area contributed by atoms with Gasteiger partial charge >= 0.3 is 5.97 Å². The first-order valence-electron chi connectivity index (χ1n) is 11.0. The number of benzene rings is 2. The molecule has 1 aliphatic heterocycles. The second kappa shape index (κ2) is 9.53. The van der Waals surface area contributed by atoms with Crippen LogP contribution in [-0.2, 0) is 14.3 Å². The average Bonchev–Trinajstić information content (AvgIpc) is 3.29. The molecule has 7 nitrogen and oxygen atoms in total. The molecular formula is C25H28N2O5. The van der Waals surface area contributed by atoms with E-state index < -0.39 is 24.1 Å². The molecule has 1 heterocycles. The first kappa shape index (κ1) is 22.0. The van der Waals surface area contributed by atoms with Crippen LogP contribution >= 0.6 is 0 Å². The molecule has 1 aliphatic carbocycles. The highest BCUT2D eigenvalue weighted by molar-refractivity contribution is 6.03. The molecule has 168 valence electrons. The summed E-state index contributed by atoms with van der Waals surface area (Å²) in [5, 5.41) is 16.5. The van der Waals surface area contributed by atoms with Crippen molar-refractivity contribution in [2.45, 2.75) is 50.2 Å². The van der Waals surface area contributed by atoms with Crippen molar-refractivity contribution in [2.75, 3.05) is 13.7 Å². The molecule has 0 spiro atoms. The molecule has 1 amide bonds. The largest absolute Gasteiger partial charge is 0.497 e. The molecule has 4 rings (SSSR count). The van der Waals surface area contributed by atoms with Crippen LogP contribution in [0.5, 0.6) is 5.75 Å². The second-order valence-electron chi connectivity index (χ2n) is 8.31. The average molecular weight is 437 g/mol. The van der Waals surface area contributed by atoms with Gasteiger partial charge in [-0.2, -0.15) is 5.10 Å². The number of hydrazone groups is 1. The summed E-state index contributed by atoms with van der Waals surface area (Å²) in [7, 11) is 1.60. The Morgan fingerprint density at radius 2 is 1.75 bits per heavy atom. The molecule has 0 saturated heterocycles. The molecule has 0 radical (unpaired) electrons. The number of ether oxygens (including phenoxy) is 2. The molecule has 2 aromatic carbocycles. The summed E-state index contributed by atoms with van der Waals surface area (Å²) in [6.07, 6.45) is 3.82. The van der Waals surface area contributed by atoms with Crippen molar-refractivity contribution >= 4 is 17.6 Å². The van der Waals surface area contributed by atoms with Crippen LogP contribution in [0.15, 0.2) is 59.7 Å². The van der Waals surface area contributed by atoms with Gasteiger partial charge in [-0.3, -0.25) is 4.79 Å². The molecule has 2 aliphatic rings. The fraction of sp³-hybridized carbons (Fsp3) is 0.400. The third-order valence-corrected chi connectivity index (χ3v) is 6.16. The predicted molar refractivity (Wildman–Crippen MR) is 119 cm³/mol. The molecule has 32 heavy (non-hydrogen) atoms. The van der Waals surface area contributed by atoms with Crippen LogP contribution in [0, 0.1) is 0 Å². The summed E-state index contributed by atoms with van der Waals surface area (Å²) in [4.78, 5) is 25.5. The zero-order valence-electron chi connectivity index (χ0n) is 18.2. The number of hydrogen-bond acceptors (Lipinski definition) is 6. The third-order valence-electron chi connectivity index (χ3n) is 6.16. The number of esters is 1.